The van der Waals surface area contributed by atoms with Crippen LogP contribution in [0.5, 0.6) is 0 Å². The third-order valence-electron chi connectivity index (χ3n) is 2.88. The van der Waals surface area contributed by atoms with Crippen molar-refractivity contribution in [3.8, 4) is 0 Å². The van der Waals surface area contributed by atoms with E-state index in [0.717, 1.165) is 18.4 Å². The molecular formula is C12H18FNO. The van der Waals surface area contributed by atoms with Crippen molar-refractivity contribution in [1.29, 1.82) is 0 Å². The van der Waals surface area contributed by atoms with Crippen molar-refractivity contribution in [2.24, 2.45) is 5.73 Å². The predicted octanol–water partition coefficient (Wildman–Crippen LogP) is 1.81. The van der Waals surface area contributed by atoms with Gasteiger partial charge in [-0.2, -0.15) is 0 Å². The Morgan fingerprint density at radius 1 is 1.33 bits per heavy atom. The third-order valence-corrected chi connectivity index (χ3v) is 2.88. The summed E-state index contributed by atoms with van der Waals surface area (Å²) in [7, 11) is 0. The molecule has 15 heavy (non-hydrogen) atoms. The molecular weight excluding hydrogens is 193 g/mol. The van der Waals surface area contributed by atoms with Gasteiger partial charge < -0.3 is 10.8 Å². The van der Waals surface area contributed by atoms with E-state index in [1.54, 1.807) is 12.1 Å². The second kappa shape index (κ2) is 5.24. The summed E-state index contributed by atoms with van der Waals surface area (Å²) in [6.45, 7) is 2.43. The molecule has 0 spiro atoms. The van der Waals surface area contributed by atoms with Crippen LogP contribution in [0.4, 0.5) is 4.39 Å². The minimum absolute atomic E-state index is 0.00295. The maximum absolute atomic E-state index is 12.8. The summed E-state index contributed by atoms with van der Waals surface area (Å²) < 4.78 is 12.8. The fraction of sp³-hybridized carbons (Fsp3) is 0.500. The molecule has 1 unspecified atom stereocenters. The van der Waals surface area contributed by atoms with Crippen molar-refractivity contribution in [2.75, 3.05) is 13.2 Å². The van der Waals surface area contributed by atoms with Crippen LogP contribution in [-0.2, 0) is 5.41 Å². The molecule has 0 radical (unpaired) electrons. The zero-order valence-corrected chi connectivity index (χ0v) is 9.04. The summed E-state index contributed by atoms with van der Waals surface area (Å²) >= 11 is 0. The van der Waals surface area contributed by atoms with Crippen LogP contribution in [0, 0.1) is 5.82 Å². The van der Waals surface area contributed by atoms with Crippen LogP contribution in [0.1, 0.15) is 25.3 Å². The number of aliphatic hydroxyl groups excluding tert-OH is 1. The number of hydrogen-bond acceptors (Lipinski definition) is 2. The molecule has 1 rings (SSSR count). The predicted molar refractivity (Wildman–Crippen MR) is 59.1 cm³/mol. The fourth-order valence-electron chi connectivity index (χ4n) is 1.88. The average Bonchev–Trinajstić information content (AvgIpc) is 2.27. The van der Waals surface area contributed by atoms with Gasteiger partial charge in [0.1, 0.15) is 5.82 Å². The second-order valence-electron chi connectivity index (χ2n) is 3.90. The van der Waals surface area contributed by atoms with Crippen molar-refractivity contribution in [1.82, 2.24) is 0 Å². The molecule has 0 amide bonds. The van der Waals surface area contributed by atoms with Crippen molar-refractivity contribution >= 4 is 0 Å². The summed E-state index contributed by atoms with van der Waals surface area (Å²) in [5.74, 6) is -0.265. The van der Waals surface area contributed by atoms with Crippen molar-refractivity contribution in [3.05, 3.63) is 35.6 Å². The zero-order chi connectivity index (χ0) is 11.3. The van der Waals surface area contributed by atoms with E-state index in [9.17, 15) is 9.50 Å². The van der Waals surface area contributed by atoms with Crippen LogP contribution >= 0.6 is 0 Å². The molecule has 1 atom stereocenters. The Morgan fingerprint density at radius 3 is 2.33 bits per heavy atom. The topological polar surface area (TPSA) is 46.2 Å². The lowest BCUT2D eigenvalue weighted by molar-refractivity contribution is 0.187. The van der Waals surface area contributed by atoms with Crippen LogP contribution < -0.4 is 5.73 Å². The fourth-order valence-corrected chi connectivity index (χ4v) is 1.88. The van der Waals surface area contributed by atoms with Gasteiger partial charge in [-0.05, 0) is 24.1 Å². The van der Waals surface area contributed by atoms with Gasteiger partial charge >= 0.3 is 0 Å². The van der Waals surface area contributed by atoms with Crippen LogP contribution in [0.2, 0.25) is 0 Å². The van der Waals surface area contributed by atoms with Gasteiger partial charge in [-0.3, -0.25) is 0 Å². The Morgan fingerprint density at radius 2 is 1.93 bits per heavy atom. The Hall–Kier alpha value is -0.930. The maximum atomic E-state index is 12.8. The Balaban J connectivity index is 3.02. The summed E-state index contributed by atoms with van der Waals surface area (Å²) in [5, 5.41) is 9.46. The summed E-state index contributed by atoms with van der Waals surface area (Å²) in [5.41, 5.74) is 6.22. The lowest BCUT2D eigenvalue weighted by atomic mass is 9.77. The molecule has 3 heteroatoms. The minimum Gasteiger partial charge on any atom is -0.395 e. The standard InChI is InChI=1S/C12H18FNO/c1-2-7-12(8-14,9-15)10-3-5-11(13)6-4-10/h3-6,15H,2,7-9,14H2,1H3. The van der Waals surface area contributed by atoms with Crippen molar-refractivity contribution in [3.63, 3.8) is 0 Å². The molecule has 0 aromatic heterocycles. The van der Waals surface area contributed by atoms with Crippen LogP contribution in [0.3, 0.4) is 0 Å². The molecule has 84 valence electrons. The Kier molecular flexibility index (Phi) is 4.24. The number of nitrogens with two attached hydrogens (primary N) is 1. The lowest BCUT2D eigenvalue weighted by Gasteiger charge is -2.30. The number of aliphatic hydroxyl groups is 1. The number of hydrogen-bond donors (Lipinski definition) is 2. The Labute approximate surface area is 89.9 Å². The zero-order valence-electron chi connectivity index (χ0n) is 9.04. The molecule has 0 aliphatic heterocycles. The first-order valence-corrected chi connectivity index (χ1v) is 5.25. The van der Waals surface area contributed by atoms with Crippen LogP contribution in [0.25, 0.3) is 0 Å². The average molecular weight is 211 g/mol. The number of rotatable bonds is 5. The van der Waals surface area contributed by atoms with Gasteiger partial charge in [0.25, 0.3) is 0 Å². The second-order valence-corrected chi connectivity index (χ2v) is 3.90. The van der Waals surface area contributed by atoms with E-state index in [1.165, 1.54) is 12.1 Å². The molecule has 1 aromatic rings. The van der Waals surface area contributed by atoms with Crippen molar-refractivity contribution in [2.45, 2.75) is 25.2 Å². The molecule has 1 aromatic carbocycles. The van der Waals surface area contributed by atoms with Gasteiger partial charge in [0, 0.05) is 12.0 Å². The molecule has 0 heterocycles. The largest absolute Gasteiger partial charge is 0.395 e. The normalized spacial score (nSPS) is 14.9. The van der Waals surface area contributed by atoms with E-state index in [-0.39, 0.29) is 12.4 Å². The molecule has 0 fully saturated rings. The highest BCUT2D eigenvalue weighted by molar-refractivity contribution is 5.26. The molecule has 2 nitrogen and oxygen atoms in total. The van der Waals surface area contributed by atoms with Crippen molar-refractivity contribution < 1.29 is 9.50 Å². The number of benzene rings is 1. The lowest BCUT2D eigenvalue weighted by Crippen LogP contribution is -2.38. The first-order valence-electron chi connectivity index (χ1n) is 5.25. The third kappa shape index (κ3) is 2.55. The molecule has 0 bridgehead atoms. The van der Waals surface area contributed by atoms with E-state index in [4.69, 9.17) is 5.73 Å². The molecule has 0 saturated carbocycles. The summed E-state index contributed by atoms with van der Waals surface area (Å²) in [6, 6.07) is 6.22. The highest BCUT2D eigenvalue weighted by atomic mass is 19.1. The summed E-state index contributed by atoms with van der Waals surface area (Å²) in [4.78, 5) is 0. The van der Waals surface area contributed by atoms with Gasteiger partial charge in [0.05, 0.1) is 6.61 Å². The van der Waals surface area contributed by atoms with Gasteiger partial charge in [0.2, 0.25) is 0 Å². The molecule has 0 saturated heterocycles. The van der Waals surface area contributed by atoms with Crippen LogP contribution in [0.15, 0.2) is 24.3 Å². The van der Waals surface area contributed by atoms with Gasteiger partial charge in [-0.1, -0.05) is 25.5 Å². The van der Waals surface area contributed by atoms with Gasteiger partial charge in [0.15, 0.2) is 0 Å². The Bertz CT molecular complexity index is 293. The smallest absolute Gasteiger partial charge is 0.123 e. The van der Waals surface area contributed by atoms with Crippen LogP contribution in [-0.4, -0.2) is 18.3 Å². The highest BCUT2D eigenvalue weighted by Crippen LogP contribution is 2.28. The van der Waals surface area contributed by atoms with E-state index in [0.29, 0.717) is 6.54 Å². The van der Waals surface area contributed by atoms with E-state index < -0.39 is 5.41 Å². The van der Waals surface area contributed by atoms with E-state index in [2.05, 4.69) is 0 Å². The van der Waals surface area contributed by atoms with E-state index >= 15 is 0 Å². The molecule has 0 aliphatic carbocycles. The van der Waals surface area contributed by atoms with E-state index in [1.807, 2.05) is 6.92 Å². The first-order chi connectivity index (χ1) is 7.18. The SMILES string of the molecule is CCCC(CN)(CO)c1ccc(F)cc1. The molecule has 3 N–H and O–H groups in total. The quantitative estimate of drug-likeness (QED) is 0.780. The maximum Gasteiger partial charge on any atom is 0.123 e. The van der Waals surface area contributed by atoms with Gasteiger partial charge in [-0.25, -0.2) is 4.39 Å². The highest BCUT2D eigenvalue weighted by Gasteiger charge is 2.28. The number of halogens is 1. The minimum atomic E-state index is -0.414. The monoisotopic (exact) mass is 211 g/mol. The molecule has 0 aliphatic rings. The summed E-state index contributed by atoms with van der Waals surface area (Å²) in [6.07, 6.45) is 1.75. The van der Waals surface area contributed by atoms with Gasteiger partial charge in [-0.15, -0.1) is 0 Å². The first kappa shape index (κ1) is 12.1.